The maximum atomic E-state index is 13.8. The van der Waals surface area contributed by atoms with Crippen molar-refractivity contribution in [1.82, 2.24) is 9.29 Å². The molecule has 3 unspecified atom stereocenters. The van der Waals surface area contributed by atoms with Crippen molar-refractivity contribution < 1.29 is 28.2 Å². The lowest BCUT2D eigenvalue weighted by Gasteiger charge is -2.42. The Morgan fingerprint density at radius 1 is 1.14 bits per heavy atom. The number of carbonyl (C=O) groups is 1. The van der Waals surface area contributed by atoms with E-state index in [0.29, 0.717) is 6.42 Å². The van der Waals surface area contributed by atoms with Crippen LogP contribution in [0.5, 0.6) is 5.75 Å². The van der Waals surface area contributed by atoms with Gasteiger partial charge in [-0.05, 0) is 43.0 Å². The zero-order valence-corrected chi connectivity index (χ0v) is 21.2. The van der Waals surface area contributed by atoms with Crippen molar-refractivity contribution in [3.63, 3.8) is 0 Å². The number of nitrogens with one attached hydrogen (secondary N) is 1. The maximum absolute atomic E-state index is 13.8. The lowest BCUT2D eigenvalue weighted by atomic mass is 9.97. The van der Waals surface area contributed by atoms with Gasteiger partial charge in [0.15, 0.2) is 11.6 Å². The van der Waals surface area contributed by atoms with Crippen LogP contribution >= 0.6 is 23.2 Å². The standard InChI is InChI=1S/C22H26Cl2N4O6S/c1-13-5-6-14(11-29)27(9-13)35(32,33)28-10-15(12-30)34-18-7-8-19(25-21(18)28)26-22(31)20-16(23)3-2-4-17(20)24/h2-4,7-8,13-15,29-30H,5-6,9-12H2,1H3,(H,25,26,31). The molecule has 1 fully saturated rings. The number of hydrogen-bond acceptors (Lipinski definition) is 7. The molecule has 190 valence electrons. The van der Waals surface area contributed by atoms with Crippen molar-refractivity contribution >= 4 is 51.0 Å². The van der Waals surface area contributed by atoms with E-state index in [2.05, 4.69) is 10.3 Å². The van der Waals surface area contributed by atoms with Crippen LogP contribution in [0.2, 0.25) is 10.0 Å². The Labute approximate surface area is 213 Å². The first-order valence-corrected chi connectivity index (χ1v) is 13.2. The topological polar surface area (TPSA) is 132 Å². The number of amides is 1. The highest BCUT2D eigenvalue weighted by Gasteiger charge is 2.42. The Morgan fingerprint density at radius 2 is 1.86 bits per heavy atom. The third kappa shape index (κ3) is 5.20. The number of hydrogen-bond donors (Lipinski definition) is 3. The van der Waals surface area contributed by atoms with E-state index in [9.17, 15) is 23.4 Å². The molecule has 4 rings (SSSR count). The van der Waals surface area contributed by atoms with Gasteiger partial charge in [0, 0.05) is 12.6 Å². The van der Waals surface area contributed by atoms with Crippen molar-refractivity contribution in [3.8, 4) is 5.75 Å². The Hall–Kier alpha value is -2.15. The van der Waals surface area contributed by atoms with Crippen molar-refractivity contribution in [2.75, 3.05) is 35.9 Å². The largest absolute Gasteiger partial charge is 0.482 e. The van der Waals surface area contributed by atoms with Crippen molar-refractivity contribution in [2.45, 2.75) is 31.9 Å². The van der Waals surface area contributed by atoms with Gasteiger partial charge in [-0.1, -0.05) is 36.2 Å². The number of aliphatic hydroxyl groups excluding tert-OH is 2. The highest BCUT2D eigenvalue weighted by atomic mass is 35.5. The molecule has 3 atom stereocenters. The number of benzene rings is 1. The fourth-order valence-corrected chi connectivity index (χ4v) is 6.73. The summed E-state index contributed by atoms with van der Waals surface area (Å²) in [4.78, 5) is 17.2. The number of anilines is 2. The summed E-state index contributed by atoms with van der Waals surface area (Å²) < 4.78 is 35.6. The van der Waals surface area contributed by atoms with Gasteiger partial charge < -0.3 is 20.3 Å². The monoisotopic (exact) mass is 544 g/mol. The molecule has 2 aliphatic heterocycles. The first-order chi connectivity index (χ1) is 16.6. The molecule has 1 aromatic carbocycles. The van der Waals surface area contributed by atoms with Crippen LogP contribution in [0.4, 0.5) is 11.6 Å². The molecule has 0 bridgehead atoms. The van der Waals surface area contributed by atoms with Crippen LogP contribution in [-0.4, -0.2) is 72.3 Å². The summed E-state index contributed by atoms with van der Waals surface area (Å²) in [5.74, 6) is -0.342. The molecule has 0 aliphatic carbocycles. The number of aromatic nitrogens is 1. The van der Waals surface area contributed by atoms with Crippen molar-refractivity contribution in [3.05, 3.63) is 45.9 Å². The number of nitrogens with zero attached hydrogens (tertiary/aromatic N) is 3. The Kier molecular flexibility index (Phi) is 7.74. The van der Waals surface area contributed by atoms with Crippen molar-refractivity contribution in [2.24, 2.45) is 5.92 Å². The summed E-state index contributed by atoms with van der Waals surface area (Å²) in [6, 6.07) is 7.01. The third-order valence-corrected chi connectivity index (χ3v) is 8.60. The summed E-state index contributed by atoms with van der Waals surface area (Å²) in [6.45, 7) is 1.29. The van der Waals surface area contributed by atoms with Gasteiger partial charge in [-0.3, -0.25) is 4.79 Å². The summed E-state index contributed by atoms with van der Waals surface area (Å²) in [5, 5.41) is 22.4. The number of ether oxygens (including phenoxy) is 1. The van der Waals surface area contributed by atoms with Gasteiger partial charge in [0.1, 0.15) is 11.9 Å². The average molecular weight is 545 g/mol. The van der Waals surface area contributed by atoms with E-state index < -0.39 is 34.9 Å². The van der Waals surface area contributed by atoms with Crippen molar-refractivity contribution in [1.29, 1.82) is 0 Å². The number of pyridine rings is 1. The minimum absolute atomic E-state index is 0.0346. The van der Waals surface area contributed by atoms with Gasteiger partial charge in [0.05, 0.1) is 35.4 Å². The molecule has 0 spiro atoms. The van der Waals surface area contributed by atoms with E-state index >= 15 is 0 Å². The summed E-state index contributed by atoms with van der Waals surface area (Å²) in [6.07, 6.45) is 0.519. The minimum Gasteiger partial charge on any atom is -0.482 e. The molecule has 0 radical (unpaired) electrons. The highest BCUT2D eigenvalue weighted by Crippen LogP contribution is 2.37. The number of carbonyl (C=O) groups excluding carboxylic acids is 1. The quantitative estimate of drug-likeness (QED) is 0.508. The van der Waals surface area contributed by atoms with E-state index in [1.54, 1.807) is 6.07 Å². The minimum atomic E-state index is -4.15. The summed E-state index contributed by atoms with van der Waals surface area (Å²) in [7, 11) is -4.15. The molecule has 1 amide bonds. The smallest absolute Gasteiger partial charge is 0.305 e. The second kappa shape index (κ2) is 10.5. The highest BCUT2D eigenvalue weighted by molar-refractivity contribution is 7.90. The fraction of sp³-hybridized carbons (Fsp3) is 0.455. The molecule has 10 nitrogen and oxygen atoms in total. The molecule has 2 aromatic rings. The second-order valence-corrected chi connectivity index (χ2v) is 11.2. The van der Waals surface area contributed by atoms with Crippen LogP contribution in [0.3, 0.4) is 0 Å². The van der Waals surface area contributed by atoms with Crippen LogP contribution in [-0.2, 0) is 10.2 Å². The van der Waals surface area contributed by atoms with E-state index in [1.807, 2.05) is 6.92 Å². The fourth-order valence-electron chi connectivity index (χ4n) is 4.22. The van der Waals surface area contributed by atoms with Crippen LogP contribution in [0.15, 0.2) is 30.3 Å². The van der Waals surface area contributed by atoms with Crippen LogP contribution < -0.4 is 14.4 Å². The lowest BCUT2D eigenvalue weighted by molar-refractivity contribution is 0.102. The second-order valence-electron chi connectivity index (χ2n) is 8.62. The van der Waals surface area contributed by atoms with Gasteiger partial charge in [-0.25, -0.2) is 9.29 Å². The normalized spacial score (nSPS) is 22.9. The average Bonchev–Trinajstić information content (AvgIpc) is 2.83. The van der Waals surface area contributed by atoms with Crippen LogP contribution in [0.1, 0.15) is 30.1 Å². The molecule has 13 heteroatoms. The lowest BCUT2D eigenvalue weighted by Crippen LogP contribution is -2.56. The van der Waals surface area contributed by atoms with Gasteiger partial charge in [-0.2, -0.15) is 12.7 Å². The zero-order chi connectivity index (χ0) is 25.3. The number of halogens is 2. The SMILES string of the molecule is CC1CCC(CO)N(S(=O)(=O)N2CC(CO)Oc3ccc(NC(=O)c4c(Cl)cccc4Cl)nc32)C1. The molecular weight excluding hydrogens is 519 g/mol. The number of rotatable bonds is 6. The van der Waals surface area contributed by atoms with Gasteiger partial charge in [-0.15, -0.1) is 0 Å². The first kappa shape index (κ1) is 25.9. The molecule has 1 saturated heterocycles. The summed E-state index contributed by atoms with van der Waals surface area (Å²) >= 11 is 12.2. The molecule has 0 saturated carbocycles. The van der Waals surface area contributed by atoms with Gasteiger partial charge in [0.2, 0.25) is 0 Å². The Morgan fingerprint density at radius 3 is 2.51 bits per heavy atom. The van der Waals surface area contributed by atoms with Crippen LogP contribution in [0.25, 0.3) is 0 Å². The summed E-state index contributed by atoms with van der Waals surface area (Å²) in [5.41, 5.74) is 0.0597. The van der Waals surface area contributed by atoms with Gasteiger partial charge in [0.25, 0.3) is 5.91 Å². The molecule has 35 heavy (non-hydrogen) atoms. The predicted molar refractivity (Wildman–Crippen MR) is 132 cm³/mol. The van der Waals surface area contributed by atoms with E-state index in [1.165, 1.54) is 28.6 Å². The number of piperidine rings is 1. The first-order valence-electron chi connectivity index (χ1n) is 11.1. The predicted octanol–water partition coefficient (Wildman–Crippen LogP) is 2.54. The molecular formula is C22H26Cl2N4O6S. The number of aliphatic hydroxyl groups is 2. The Balaban J connectivity index is 1.70. The molecule has 2 aliphatic rings. The Bertz CT molecular complexity index is 1190. The van der Waals surface area contributed by atoms with E-state index in [4.69, 9.17) is 27.9 Å². The van der Waals surface area contributed by atoms with E-state index in [0.717, 1.165) is 10.7 Å². The molecule has 3 heterocycles. The van der Waals surface area contributed by atoms with E-state index in [-0.39, 0.29) is 58.6 Å². The van der Waals surface area contributed by atoms with Gasteiger partial charge >= 0.3 is 10.2 Å². The molecule has 3 N–H and O–H groups in total. The third-order valence-electron chi connectivity index (χ3n) is 6.05. The zero-order valence-electron chi connectivity index (χ0n) is 18.9. The van der Waals surface area contributed by atoms with Crippen LogP contribution in [0, 0.1) is 5.92 Å². The maximum Gasteiger partial charge on any atom is 0.305 e. The molecule has 1 aromatic heterocycles. The number of fused-ring (bicyclic) bond motifs is 1.